The molecule has 0 fully saturated rings. The molecule has 0 atom stereocenters. The molecule has 3 heteroatoms. The Bertz CT molecular complexity index is 516. The minimum absolute atomic E-state index is 0.135. The van der Waals surface area contributed by atoms with Crippen molar-refractivity contribution in [2.24, 2.45) is 5.41 Å². The molecular weight excluding hydrogens is 252 g/mol. The Hall–Kier alpha value is -0.930. The zero-order chi connectivity index (χ0) is 14.1. The van der Waals surface area contributed by atoms with Gasteiger partial charge in [-0.25, -0.2) is 4.98 Å². The summed E-state index contributed by atoms with van der Waals surface area (Å²) in [5.41, 5.74) is 1.58. The summed E-state index contributed by atoms with van der Waals surface area (Å²) in [5.74, 6) is 0. The Labute approximate surface area is 120 Å². The molecule has 0 radical (unpaired) electrons. The zero-order valence-corrected chi connectivity index (χ0v) is 13.4. The predicted molar refractivity (Wildman–Crippen MR) is 84.6 cm³/mol. The summed E-state index contributed by atoms with van der Waals surface area (Å²) in [5, 5.41) is 4.81. The molecule has 0 aliphatic rings. The summed E-state index contributed by atoms with van der Waals surface area (Å²) in [6, 6.07) is 8.33. The van der Waals surface area contributed by atoms with Crippen molar-refractivity contribution in [1.82, 2.24) is 10.3 Å². The van der Waals surface area contributed by atoms with Crippen molar-refractivity contribution in [2.75, 3.05) is 0 Å². The van der Waals surface area contributed by atoms with Crippen LogP contribution in [0, 0.1) is 5.41 Å². The van der Waals surface area contributed by atoms with E-state index in [2.05, 4.69) is 63.1 Å². The van der Waals surface area contributed by atoms with Crippen LogP contribution in [0.15, 0.2) is 24.3 Å². The molecule has 1 heterocycles. The van der Waals surface area contributed by atoms with Gasteiger partial charge in [0.05, 0.1) is 10.2 Å². The summed E-state index contributed by atoms with van der Waals surface area (Å²) >= 11 is 1.78. The second-order valence-electron chi connectivity index (χ2n) is 7.05. The van der Waals surface area contributed by atoms with Crippen LogP contribution in [0.5, 0.6) is 0 Å². The number of rotatable bonds is 4. The number of nitrogens with one attached hydrogen (secondary N) is 1. The van der Waals surface area contributed by atoms with Crippen molar-refractivity contribution in [3.8, 4) is 0 Å². The van der Waals surface area contributed by atoms with E-state index in [1.165, 1.54) is 9.71 Å². The van der Waals surface area contributed by atoms with Crippen LogP contribution in [0.1, 0.15) is 46.0 Å². The van der Waals surface area contributed by atoms with Gasteiger partial charge in [0.15, 0.2) is 0 Å². The topological polar surface area (TPSA) is 24.9 Å². The van der Waals surface area contributed by atoms with Gasteiger partial charge in [-0.15, -0.1) is 11.3 Å². The highest BCUT2D eigenvalue weighted by Crippen LogP contribution is 2.28. The zero-order valence-electron chi connectivity index (χ0n) is 12.6. The molecule has 2 aromatic rings. The number of aromatic nitrogens is 1. The fraction of sp³-hybridized carbons (Fsp3) is 0.562. The smallest absolute Gasteiger partial charge is 0.108 e. The number of para-hydroxylation sites is 1. The van der Waals surface area contributed by atoms with Crippen LogP contribution in [0.4, 0.5) is 0 Å². The molecule has 0 aliphatic carbocycles. The van der Waals surface area contributed by atoms with Crippen molar-refractivity contribution in [3.05, 3.63) is 29.3 Å². The molecular formula is C16H24N2S. The van der Waals surface area contributed by atoms with Gasteiger partial charge in [0, 0.05) is 12.1 Å². The van der Waals surface area contributed by atoms with Crippen molar-refractivity contribution in [2.45, 2.75) is 53.1 Å². The van der Waals surface area contributed by atoms with E-state index in [1.807, 2.05) is 6.07 Å². The number of nitrogens with zero attached hydrogens (tertiary/aromatic N) is 1. The van der Waals surface area contributed by atoms with Crippen molar-refractivity contribution < 1.29 is 0 Å². The largest absolute Gasteiger partial charge is 0.305 e. The molecule has 1 N–H and O–H groups in total. The minimum atomic E-state index is 0.135. The van der Waals surface area contributed by atoms with E-state index >= 15 is 0 Å². The van der Waals surface area contributed by atoms with E-state index in [9.17, 15) is 0 Å². The first-order valence-corrected chi connectivity index (χ1v) is 7.66. The van der Waals surface area contributed by atoms with E-state index in [0.717, 1.165) is 18.5 Å². The maximum atomic E-state index is 4.67. The molecule has 0 saturated heterocycles. The molecule has 0 amide bonds. The Balaban J connectivity index is 2.01. The van der Waals surface area contributed by atoms with E-state index in [-0.39, 0.29) is 5.54 Å². The van der Waals surface area contributed by atoms with Crippen LogP contribution in [-0.2, 0) is 6.54 Å². The lowest BCUT2D eigenvalue weighted by Gasteiger charge is -2.33. The van der Waals surface area contributed by atoms with Gasteiger partial charge in [-0.2, -0.15) is 0 Å². The monoisotopic (exact) mass is 276 g/mol. The molecule has 0 saturated carbocycles. The van der Waals surface area contributed by atoms with Crippen LogP contribution in [0.2, 0.25) is 0 Å². The molecule has 1 aromatic heterocycles. The molecule has 0 unspecified atom stereocenters. The van der Waals surface area contributed by atoms with Crippen molar-refractivity contribution in [1.29, 1.82) is 0 Å². The van der Waals surface area contributed by atoms with Crippen LogP contribution in [-0.4, -0.2) is 10.5 Å². The van der Waals surface area contributed by atoms with Gasteiger partial charge < -0.3 is 5.32 Å². The summed E-state index contributed by atoms with van der Waals surface area (Å²) in [7, 11) is 0. The Morgan fingerprint density at radius 3 is 2.42 bits per heavy atom. The third-order valence-corrected chi connectivity index (χ3v) is 4.07. The lowest BCUT2D eigenvalue weighted by molar-refractivity contribution is 0.240. The van der Waals surface area contributed by atoms with Crippen LogP contribution < -0.4 is 5.32 Å². The number of thiazole rings is 1. The van der Waals surface area contributed by atoms with E-state index < -0.39 is 0 Å². The van der Waals surface area contributed by atoms with Crippen LogP contribution in [0.3, 0.4) is 0 Å². The SMILES string of the molecule is CC(C)(C)CC(C)(C)NCc1nc2ccccc2s1. The van der Waals surface area contributed by atoms with Crippen LogP contribution in [0.25, 0.3) is 10.2 Å². The number of hydrogen-bond acceptors (Lipinski definition) is 3. The first kappa shape index (κ1) is 14.5. The predicted octanol–water partition coefficient (Wildman–Crippen LogP) is 4.60. The normalized spacial score (nSPS) is 13.1. The summed E-state index contributed by atoms with van der Waals surface area (Å²) in [4.78, 5) is 4.67. The average Bonchev–Trinajstić information content (AvgIpc) is 2.66. The van der Waals surface area contributed by atoms with E-state index in [0.29, 0.717) is 5.41 Å². The van der Waals surface area contributed by atoms with Gasteiger partial charge >= 0.3 is 0 Å². The van der Waals surface area contributed by atoms with Gasteiger partial charge in [0.1, 0.15) is 5.01 Å². The first-order chi connectivity index (χ1) is 8.75. The lowest BCUT2D eigenvalue weighted by Crippen LogP contribution is -2.41. The molecule has 2 nitrogen and oxygen atoms in total. The summed E-state index contributed by atoms with van der Waals surface area (Å²) in [6.07, 6.45) is 1.14. The molecule has 0 aliphatic heterocycles. The van der Waals surface area contributed by atoms with E-state index in [1.54, 1.807) is 11.3 Å². The standard InChI is InChI=1S/C16H24N2S/c1-15(2,3)11-16(4,5)17-10-14-18-12-8-6-7-9-13(12)19-14/h6-9,17H,10-11H2,1-5H3. The van der Waals surface area contributed by atoms with E-state index in [4.69, 9.17) is 0 Å². The summed E-state index contributed by atoms with van der Waals surface area (Å²) < 4.78 is 1.27. The maximum absolute atomic E-state index is 4.67. The Morgan fingerprint density at radius 2 is 1.79 bits per heavy atom. The highest BCUT2D eigenvalue weighted by Gasteiger charge is 2.25. The molecule has 0 bridgehead atoms. The van der Waals surface area contributed by atoms with Gasteiger partial charge in [-0.1, -0.05) is 32.9 Å². The van der Waals surface area contributed by atoms with Crippen LogP contribution >= 0.6 is 11.3 Å². The van der Waals surface area contributed by atoms with Gasteiger partial charge in [0.2, 0.25) is 0 Å². The first-order valence-electron chi connectivity index (χ1n) is 6.85. The van der Waals surface area contributed by atoms with Crippen molar-refractivity contribution >= 4 is 21.6 Å². The maximum Gasteiger partial charge on any atom is 0.108 e. The summed E-state index contributed by atoms with van der Waals surface area (Å²) in [6.45, 7) is 12.2. The lowest BCUT2D eigenvalue weighted by atomic mass is 9.82. The minimum Gasteiger partial charge on any atom is -0.305 e. The van der Waals surface area contributed by atoms with Gasteiger partial charge in [-0.3, -0.25) is 0 Å². The second-order valence-corrected chi connectivity index (χ2v) is 8.17. The third kappa shape index (κ3) is 4.29. The van der Waals surface area contributed by atoms with Crippen molar-refractivity contribution in [3.63, 3.8) is 0 Å². The van der Waals surface area contributed by atoms with Gasteiger partial charge in [-0.05, 0) is 37.8 Å². The molecule has 2 rings (SSSR count). The van der Waals surface area contributed by atoms with Gasteiger partial charge in [0.25, 0.3) is 0 Å². The molecule has 1 aromatic carbocycles. The molecule has 104 valence electrons. The second kappa shape index (κ2) is 5.22. The fourth-order valence-corrected chi connectivity index (χ4v) is 3.61. The quantitative estimate of drug-likeness (QED) is 0.882. The highest BCUT2D eigenvalue weighted by molar-refractivity contribution is 7.18. The Morgan fingerprint density at radius 1 is 1.11 bits per heavy atom. The number of hydrogen-bond donors (Lipinski definition) is 1. The Kier molecular flexibility index (Phi) is 3.98. The molecule has 19 heavy (non-hydrogen) atoms. The molecule has 0 spiro atoms. The average molecular weight is 276 g/mol. The number of fused-ring (bicyclic) bond motifs is 1. The number of benzene rings is 1. The fourth-order valence-electron chi connectivity index (χ4n) is 2.70. The highest BCUT2D eigenvalue weighted by atomic mass is 32.1. The third-order valence-electron chi connectivity index (χ3n) is 3.03.